The minimum absolute atomic E-state index is 0.160. The largest absolute Gasteiger partial charge is 0.271 e. The topological polar surface area (TPSA) is 38.0 Å². The van der Waals surface area contributed by atoms with Gasteiger partial charge in [0.25, 0.3) is 0 Å². The SMILES string of the molecule is NNC(CC1CCSCC1)c1ccc(Cl)c(Cl)c1. The highest BCUT2D eigenvalue weighted by molar-refractivity contribution is 7.99. The molecule has 1 atom stereocenters. The molecule has 100 valence electrons. The fourth-order valence-corrected chi connectivity index (χ4v) is 3.86. The zero-order chi connectivity index (χ0) is 13.0. The van der Waals surface area contributed by atoms with Crippen molar-refractivity contribution in [1.29, 1.82) is 0 Å². The second kappa shape index (κ2) is 7.01. The van der Waals surface area contributed by atoms with E-state index in [1.165, 1.54) is 24.3 Å². The van der Waals surface area contributed by atoms with Crippen LogP contribution in [-0.2, 0) is 0 Å². The lowest BCUT2D eigenvalue weighted by atomic mass is 9.91. The maximum Gasteiger partial charge on any atom is 0.0595 e. The molecule has 5 heteroatoms. The molecule has 2 nitrogen and oxygen atoms in total. The molecule has 18 heavy (non-hydrogen) atoms. The Balaban J connectivity index is 2.04. The fourth-order valence-electron chi connectivity index (χ4n) is 2.34. The van der Waals surface area contributed by atoms with Gasteiger partial charge >= 0.3 is 0 Å². The van der Waals surface area contributed by atoms with E-state index in [1.807, 2.05) is 30.0 Å². The van der Waals surface area contributed by atoms with Gasteiger partial charge in [0.15, 0.2) is 0 Å². The zero-order valence-electron chi connectivity index (χ0n) is 10.2. The highest BCUT2D eigenvalue weighted by Gasteiger charge is 2.20. The lowest BCUT2D eigenvalue weighted by Crippen LogP contribution is -2.30. The summed E-state index contributed by atoms with van der Waals surface area (Å²) in [7, 11) is 0. The molecule has 0 aromatic heterocycles. The van der Waals surface area contributed by atoms with Crippen LogP contribution in [0.4, 0.5) is 0 Å². The third-order valence-corrected chi connectivity index (χ3v) is 5.24. The van der Waals surface area contributed by atoms with Crippen molar-refractivity contribution in [1.82, 2.24) is 5.43 Å². The predicted molar refractivity (Wildman–Crippen MR) is 81.2 cm³/mol. The second-order valence-corrected chi connectivity index (χ2v) is 6.72. The Kier molecular flexibility index (Phi) is 5.64. The standard InChI is InChI=1S/C13H18Cl2N2S/c14-11-2-1-10(8-12(11)15)13(17-16)7-9-3-5-18-6-4-9/h1-2,8-9,13,17H,3-7,16H2. The van der Waals surface area contributed by atoms with Crippen LogP contribution in [0.15, 0.2) is 18.2 Å². The van der Waals surface area contributed by atoms with Gasteiger partial charge in [0.05, 0.1) is 10.0 Å². The van der Waals surface area contributed by atoms with Crippen LogP contribution in [0.2, 0.25) is 10.0 Å². The van der Waals surface area contributed by atoms with Gasteiger partial charge in [0.2, 0.25) is 0 Å². The van der Waals surface area contributed by atoms with Crippen molar-refractivity contribution in [2.24, 2.45) is 11.8 Å². The average molecular weight is 305 g/mol. The molecule has 0 bridgehead atoms. The monoisotopic (exact) mass is 304 g/mol. The maximum absolute atomic E-state index is 6.05. The zero-order valence-corrected chi connectivity index (χ0v) is 12.5. The van der Waals surface area contributed by atoms with Crippen molar-refractivity contribution in [2.45, 2.75) is 25.3 Å². The summed E-state index contributed by atoms with van der Waals surface area (Å²) in [6.07, 6.45) is 3.63. The van der Waals surface area contributed by atoms with E-state index in [0.717, 1.165) is 17.9 Å². The molecule has 0 radical (unpaired) electrons. The Morgan fingerprint density at radius 1 is 1.28 bits per heavy atom. The first-order valence-corrected chi connectivity index (χ1v) is 8.10. The van der Waals surface area contributed by atoms with E-state index in [0.29, 0.717) is 10.0 Å². The van der Waals surface area contributed by atoms with Crippen molar-refractivity contribution in [2.75, 3.05) is 11.5 Å². The molecule has 1 heterocycles. The third kappa shape index (κ3) is 3.78. The molecule has 0 spiro atoms. The first kappa shape index (κ1) is 14.5. The van der Waals surface area contributed by atoms with Crippen molar-refractivity contribution < 1.29 is 0 Å². The lowest BCUT2D eigenvalue weighted by Gasteiger charge is -2.26. The Morgan fingerprint density at radius 2 is 2.00 bits per heavy atom. The number of nitrogens with two attached hydrogens (primary N) is 1. The summed E-state index contributed by atoms with van der Waals surface area (Å²) in [5.41, 5.74) is 4.02. The van der Waals surface area contributed by atoms with Gasteiger partial charge in [-0.2, -0.15) is 11.8 Å². The Morgan fingerprint density at radius 3 is 2.61 bits per heavy atom. The number of halogens is 2. The minimum atomic E-state index is 0.160. The van der Waals surface area contributed by atoms with E-state index >= 15 is 0 Å². The van der Waals surface area contributed by atoms with E-state index in [2.05, 4.69) is 5.43 Å². The van der Waals surface area contributed by atoms with E-state index in [9.17, 15) is 0 Å². The summed E-state index contributed by atoms with van der Waals surface area (Å²) in [6, 6.07) is 5.90. The molecule has 0 aliphatic carbocycles. The van der Waals surface area contributed by atoms with Crippen LogP contribution in [0, 0.1) is 5.92 Å². The van der Waals surface area contributed by atoms with Crippen LogP contribution < -0.4 is 11.3 Å². The Labute approximate surface area is 123 Å². The van der Waals surface area contributed by atoms with Gasteiger partial charge in [-0.1, -0.05) is 29.3 Å². The summed E-state index contributed by atoms with van der Waals surface area (Å²) in [5.74, 6) is 8.96. The van der Waals surface area contributed by atoms with Gasteiger partial charge in [0, 0.05) is 6.04 Å². The van der Waals surface area contributed by atoms with E-state index < -0.39 is 0 Å². The molecule has 1 fully saturated rings. The normalized spacial score (nSPS) is 18.8. The number of hydrogen-bond acceptors (Lipinski definition) is 3. The number of nitrogens with one attached hydrogen (secondary N) is 1. The molecule has 0 saturated carbocycles. The summed E-state index contributed by atoms with van der Waals surface area (Å²) >= 11 is 14.0. The van der Waals surface area contributed by atoms with Crippen molar-refractivity contribution in [3.05, 3.63) is 33.8 Å². The third-order valence-electron chi connectivity index (χ3n) is 3.46. The van der Waals surface area contributed by atoms with Gasteiger partial charge in [-0.25, -0.2) is 0 Å². The number of rotatable bonds is 4. The molecule has 2 rings (SSSR count). The number of benzene rings is 1. The summed E-state index contributed by atoms with van der Waals surface area (Å²) < 4.78 is 0. The Bertz CT molecular complexity index is 395. The molecule has 1 saturated heterocycles. The van der Waals surface area contributed by atoms with Crippen LogP contribution in [0.1, 0.15) is 30.9 Å². The predicted octanol–water partition coefficient (Wildman–Crippen LogP) is 4.03. The van der Waals surface area contributed by atoms with Crippen LogP contribution in [0.3, 0.4) is 0 Å². The average Bonchev–Trinajstić information content (AvgIpc) is 2.40. The molecule has 1 aromatic carbocycles. The minimum Gasteiger partial charge on any atom is -0.271 e. The first-order chi connectivity index (χ1) is 8.70. The van der Waals surface area contributed by atoms with Crippen LogP contribution in [-0.4, -0.2) is 11.5 Å². The number of hydrogen-bond donors (Lipinski definition) is 2. The van der Waals surface area contributed by atoms with Crippen molar-refractivity contribution >= 4 is 35.0 Å². The summed E-state index contributed by atoms with van der Waals surface area (Å²) in [4.78, 5) is 0. The fraction of sp³-hybridized carbons (Fsp3) is 0.538. The van der Waals surface area contributed by atoms with E-state index in [1.54, 1.807) is 0 Å². The molecule has 1 aliphatic rings. The molecule has 1 aliphatic heterocycles. The van der Waals surface area contributed by atoms with Gasteiger partial charge in [-0.3, -0.25) is 11.3 Å². The van der Waals surface area contributed by atoms with Crippen molar-refractivity contribution in [3.8, 4) is 0 Å². The first-order valence-electron chi connectivity index (χ1n) is 6.19. The van der Waals surface area contributed by atoms with Crippen molar-refractivity contribution in [3.63, 3.8) is 0 Å². The lowest BCUT2D eigenvalue weighted by molar-refractivity contribution is 0.374. The Hall–Kier alpha value is 0.0700. The van der Waals surface area contributed by atoms with Gasteiger partial charge in [-0.15, -0.1) is 0 Å². The number of thioether (sulfide) groups is 1. The molecule has 0 amide bonds. The van der Waals surface area contributed by atoms with Crippen LogP contribution >= 0.6 is 35.0 Å². The highest BCUT2D eigenvalue weighted by atomic mass is 35.5. The van der Waals surface area contributed by atoms with Gasteiger partial charge in [0.1, 0.15) is 0 Å². The number of hydrazine groups is 1. The van der Waals surface area contributed by atoms with E-state index in [4.69, 9.17) is 29.0 Å². The second-order valence-electron chi connectivity index (χ2n) is 4.68. The molecular weight excluding hydrogens is 287 g/mol. The van der Waals surface area contributed by atoms with Crippen LogP contribution in [0.5, 0.6) is 0 Å². The van der Waals surface area contributed by atoms with Gasteiger partial charge < -0.3 is 0 Å². The maximum atomic E-state index is 6.05. The summed E-state index contributed by atoms with van der Waals surface area (Å²) in [5, 5.41) is 1.18. The quantitative estimate of drug-likeness (QED) is 0.651. The van der Waals surface area contributed by atoms with Gasteiger partial charge in [-0.05, 0) is 54.4 Å². The molecule has 3 N–H and O–H groups in total. The molecule has 1 unspecified atom stereocenters. The molecule has 1 aromatic rings. The van der Waals surface area contributed by atoms with Crippen LogP contribution in [0.25, 0.3) is 0 Å². The smallest absolute Gasteiger partial charge is 0.0595 e. The molecular formula is C13H18Cl2N2S. The van der Waals surface area contributed by atoms with E-state index in [-0.39, 0.29) is 6.04 Å². The summed E-state index contributed by atoms with van der Waals surface area (Å²) in [6.45, 7) is 0. The highest BCUT2D eigenvalue weighted by Crippen LogP contribution is 2.32.